The summed E-state index contributed by atoms with van der Waals surface area (Å²) in [7, 11) is 0. The summed E-state index contributed by atoms with van der Waals surface area (Å²) < 4.78 is 2.18. The lowest BCUT2D eigenvalue weighted by Gasteiger charge is -2.13. The average Bonchev–Trinajstić information content (AvgIpc) is 2.45. The number of hydrogen-bond acceptors (Lipinski definition) is 2. The number of nitrogens with two attached hydrogens (primary N) is 1. The molecule has 0 aliphatic rings. The van der Waals surface area contributed by atoms with E-state index in [-0.39, 0.29) is 0 Å². The summed E-state index contributed by atoms with van der Waals surface area (Å²) in [5.74, 6) is 2.02. The van der Waals surface area contributed by atoms with Crippen molar-refractivity contribution < 1.29 is 0 Å². The number of nitrogens with zero attached hydrogens (tertiary/aromatic N) is 2. The molecule has 1 aromatic rings. The predicted octanol–water partition coefficient (Wildman–Crippen LogP) is 2.95. The lowest BCUT2D eigenvalue weighted by molar-refractivity contribution is 0.571. The third-order valence-corrected chi connectivity index (χ3v) is 2.57. The zero-order valence-corrected chi connectivity index (χ0v) is 10.4. The first-order valence-corrected chi connectivity index (χ1v) is 5.97. The Morgan fingerprint density at radius 1 is 1.20 bits per heavy atom. The first-order chi connectivity index (χ1) is 7.11. The van der Waals surface area contributed by atoms with E-state index in [9.17, 15) is 0 Å². The summed E-state index contributed by atoms with van der Waals surface area (Å²) in [6.07, 6.45) is 4.23. The highest BCUT2D eigenvalue weighted by atomic mass is 15.2. The van der Waals surface area contributed by atoms with Crippen molar-refractivity contribution >= 4 is 5.82 Å². The van der Waals surface area contributed by atoms with E-state index in [1.165, 1.54) is 0 Å². The molecule has 86 valence electrons. The van der Waals surface area contributed by atoms with E-state index in [0.717, 1.165) is 43.0 Å². The van der Waals surface area contributed by atoms with Crippen LogP contribution in [-0.4, -0.2) is 9.55 Å². The largest absolute Gasteiger partial charge is 0.384 e. The summed E-state index contributed by atoms with van der Waals surface area (Å²) in [6.45, 7) is 8.65. The molecule has 0 saturated heterocycles. The van der Waals surface area contributed by atoms with Crippen molar-refractivity contribution in [2.75, 3.05) is 5.73 Å². The van der Waals surface area contributed by atoms with Crippen LogP contribution in [0.5, 0.6) is 0 Å². The van der Waals surface area contributed by atoms with E-state index in [2.05, 4.69) is 37.2 Å². The molecule has 2 N–H and O–H groups in total. The molecule has 0 aliphatic carbocycles. The predicted molar refractivity (Wildman–Crippen MR) is 65.0 cm³/mol. The van der Waals surface area contributed by atoms with Crippen LogP contribution in [0.15, 0.2) is 0 Å². The van der Waals surface area contributed by atoms with Gasteiger partial charge in [-0.05, 0) is 26.7 Å². The van der Waals surface area contributed by atoms with Crippen molar-refractivity contribution in [2.45, 2.75) is 59.4 Å². The lowest BCUT2D eigenvalue weighted by Crippen LogP contribution is -2.09. The molecule has 0 aromatic carbocycles. The first-order valence-electron chi connectivity index (χ1n) is 5.97. The Morgan fingerprint density at radius 2 is 1.80 bits per heavy atom. The zero-order valence-electron chi connectivity index (χ0n) is 10.4. The van der Waals surface area contributed by atoms with Crippen molar-refractivity contribution in [3.63, 3.8) is 0 Å². The van der Waals surface area contributed by atoms with Crippen LogP contribution in [0.2, 0.25) is 0 Å². The summed E-state index contributed by atoms with van der Waals surface area (Å²) in [5, 5.41) is 0. The fourth-order valence-corrected chi connectivity index (χ4v) is 1.94. The Morgan fingerprint density at radius 3 is 2.27 bits per heavy atom. The van der Waals surface area contributed by atoms with Gasteiger partial charge in [0.25, 0.3) is 0 Å². The van der Waals surface area contributed by atoms with Gasteiger partial charge in [-0.15, -0.1) is 0 Å². The molecule has 15 heavy (non-hydrogen) atoms. The van der Waals surface area contributed by atoms with Crippen LogP contribution < -0.4 is 5.73 Å². The molecule has 3 nitrogen and oxygen atoms in total. The Balaban J connectivity index is 3.08. The summed E-state index contributed by atoms with van der Waals surface area (Å²) >= 11 is 0. The summed E-state index contributed by atoms with van der Waals surface area (Å²) in [5.41, 5.74) is 7.20. The topological polar surface area (TPSA) is 43.8 Å². The molecule has 0 fully saturated rings. The quantitative estimate of drug-likeness (QED) is 0.810. The molecular formula is C12H23N3. The number of hydrogen-bond donors (Lipinski definition) is 1. The van der Waals surface area contributed by atoms with Crippen molar-refractivity contribution in [1.29, 1.82) is 0 Å². The Bertz CT molecular complexity index is 313. The molecule has 0 unspecified atom stereocenters. The van der Waals surface area contributed by atoms with Crippen molar-refractivity contribution in [1.82, 2.24) is 9.55 Å². The van der Waals surface area contributed by atoms with Gasteiger partial charge in [-0.25, -0.2) is 4.98 Å². The average molecular weight is 209 g/mol. The first kappa shape index (κ1) is 12.1. The van der Waals surface area contributed by atoms with Gasteiger partial charge in [0.1, 0.15) is 11.6 Å². The monoisotopic (exact) mass is 209 g/mol. The number of aryl methyl sites for hydroxylation is 2. The summed E-state index contributed by atoms with van der Waals surface area (Å²) in [4.78, 5) is 4.65. The highest BCUT2D eigenvalue weighted by Crippen LogP contribution is 2.22. The molecule has 0 aliphatic heterocycles. The van der Waals surface area contributed by atoms with Gasteiger partial charge in [0.05, 0.1) is 5.69 Å². The molecular weight excluding hydrogens is 186 g/mol. The fraction of sp³-hybridized carbons (Fsp3) is 0.750. The molecule has 3 heteroatoms. The van der Waals surface area contributed by atoms with Gasteiger partial charge < -0.3 is 10.3 Å². The molecule has 0 saturated carbocycles. The third kappa shape index (κ3) is 2.52. The summed E-state index contributed by atoms with van der Waals surface area (Å²) in [6, 6.07) is 0.407. The van der Waals surface area contributed by atoms with Crippen LogP contribution in [0.4, 0.5) is 5.82 Å². The van der Waals surface area contributed by atoms with Crippen LogP contribution in [0.3, 0.4) is 0 Å². The number of rotatable bonds is 5. The minimum absolute atomic E-state index is 0.407. The number of imidazole rings is 1. The molecule has 0 bridgehead atoms. The van der Waals surface area contributed by atoms with Gasteiger partial charge in [0, 0.05) is 12.5 Å². The van der Waals surface area contributed by atoms with Gasteiger partial charge in [0.2, 0.25) is 0 Å². The molecule has 0 spiro atoms. The molecule has 1 heterocycles. The molecule has 0 radical (unpaired) electrons. The van der Waals surface area contributed by atoms with Gasteiger partial charge in [-0.1, -0.05) is 20.3 Å². The van der Waals surface area contributed by atoms with E-state index in [4.69, 9.17) is 5.73 Å². The van der Waals surface area contributed by atoms with E-state index in [0.29, 0.717) is 6.04 Å². The van der Waals surface area contributed by atoms with Crippen LogP contribution in [0.1, 0.15) is 58.1 Å². The van der Waals surface area contributed by atoms with Gasteiger partial charge >= 0.3 is 0 Å². The zero-order chi connectivity index (χ0) is 11.4. The minimum Gasteiger partial charge on any atom is -0.384 e. The fourth-order valence-electron chi connectivity index (χ4n) is 1.94. The maximum Gasteiger partial charge on any atom is 0.127 e. The molecule has 1 aromatic heterocycles. The van der Waals surface area contributed by atoms with Crippen molar-refractivity contribution in [3.05, 3.63) is 11.5 Å². The van der Waals surface area contributed by atoms with E-state index >= 15 is 0 Å². The second kappa shape index (κ2) is 5.19. The Kier molecular flexibility index (Phi) is 4.18. The van der Waals surface area contributed by atoms with Crippen molar-refractivity contribution in [2.24, 2.45) is 0 Å². The minimum atomic E-state index is 0.407. The normalized spacial score (nSPS) is 11.3. The second-order valence-electron chi connectivity index (χ2n) is 4.32. The number of aromatic nitrogens is 2. The highest BCUT2D eigenvalue weighted by Gasteiger charge is 2.15. The van der Waals surface area contributed by atoms with E-state index in [1.807, 2.05) is 0 Å². The SMILES string of the molecule is CCCc1nc(CCC)n(C(C)C)c1N. The Hall–Kier alpha value is -0.990. The maximum atomic E-state index is 6.12. The second-order valence-corrected chi connectivity index (χ2v) is 4.32. The van der Waals surface area contributed by atoms with Crippen LogP contribution in [0.25, 0.3) is 0 Å². The molecule has 0 atom stereocenters. The van der Waals surface area contributed by atoms with Crippen LogP contribution >= 0.6 is 0 Å². The highest BCUT2D eigenvalue weighted by molar-refractivity contribution is 5.39. The smallest absolute Gasteiger partial charge is 0.127 e. The number of nitrogen functional groups attached to an aromatic ring is 1. The van der Waals surface area contributed by atoms with Crippen LogP contribution in [0, 0.1) is 0 Å². The molecule has 1 rings (SSSR count). The van der Waals surface area contributed by atoms with E-state index in [1.54, 1.807) is 0 Å². The maximum absolute atomic E-state index is 6.12. The van der Waals surface area contributed by atoms with Gasteiger partial charge in [-0.2, -0.15) is 0 Å². The number of anilines is 1. The van der Waals surface area contributed by atoms with Crippen molar-refractivity contribution in [3.8, 4) is 0 Å². The molecule has 0 amide bonds. The standard InChI is InChI=1S/C12H23N3/c1-5-7-10-12(13)15(9(3)4)11(14-10)8-6-2/h9H,5-8,13H2,1-4H3. The lowest BCUT2D eigenvalue weighted by atomic mass is 10.2. The van der Waals surface area contributed by atoms with Gasteiger partial charge in [0.15, 0.2) is 0 Å². The third-order valence-electron chi connectivity index (χ3n) is 2.57. The van der Waals surface area contributed by atoms with Crippen LogP contribution in [-0.2, 0) is 12.8 Å². The van der Waals surface area contributed by atoms with Gasteiger partial charge in [-0.3, -0.25) is 0 Å². The van der Waals surface area contributed by atoms with E-state index < -0.39 is 0 Å². The Labute approximate surface area is 92.7 Å².